The molecule has 0 aromatic carbocycles. The Balaban J connectivity index is 2.82. The van der Waals surface area contributed by atoms with Crippen LogP contribution in [0.2, 0.25) is 0 Å². The van der Waals surface area contributed by atoms with Crippen molar-refractivity contribution in [2.45, 2.75) is 51.6 Å². The summed E-state index contributed by atoms with van der Waals surface area (Å²) in [5.74, 6) is 0.195. The van der Waals surface area contributed by atoms with Crippen molar-refractivity contribution < 1.29 is 14.3 Å². The Labute approximate surface area is 104 Å². The average molecular weight is 243 g/mol. The van der Waals surface area contributed by atoms with E-state index in [4.69, 9.17) is 9.47 Å². The highest BCUT2D eigenvalue weighted by Crippen LogP contribution is 2.41. The lowest BCUT2D eigenvalue weighted by Crippen LogP contribution is -2.60. The number of esters is 1. The maximum absolute atomic E-state index is 12.2. The Kier molecular flexibility index (Phi) is 5.40. The lowest BCUT2D eigenvalue weighted by atomic mass is 9.92. The molecule has 2 atom stereocenters. The van der Waals surface area contributed by atoms with Gasteiger partial charge in [-0.1, -0.05) is 6.92 Å². The molecule has 1 fully saturated rings. The first-order valence-electron chi connectivity index (χ1n) is 6.54. The number of hydrogen-bond donors (Lipinski definition) is 1. The van der Waals surface area contributed by atoms with Crippen LogP contribution in [0.3, 0.4) is 0 Å². The minimum absolute atomic E-state index is 0.162. The van der Waals surface area contributed by atoms with E-state index < -0.39 is 5.54 Å². The summed E-state index contributed by atoms with van der Waals surface area (Å²) in [6.45, 7) is 6.84. The van der Waals surface area contributed by atoms with Crippen LogP contribution in [0.4, 0.5) is 0 Å². The average Bonchev–Trinajstić information content (AvgIpc) is 3.12. The number of carbonyl (C=O) groups excluding carboxylic acids is 1. The van der Waals surface area contributed by atoms with Crippen LogP contribution in [0.1, 0.15) is 40.0 Å². The molecule has 1 rings (SSSR count). The maximum Gasteiger partial charge on any atom is 0.329 e. The molecule has 0 aliphatic heterocycles. The molecule has 1 saturated carbocycles. The molecule has 1 aliphatic rings. The zero-order valence-corrected chi connectivity index (χ0v) is 11.4. The van der Waals surface area contributed by atoms with Gasteiger partial charge < -0.3 is 9.47 Å². The molecule has 1 N–H and O–H groups in total. The highest BCUT2D eigenvalue weighted by Gasteiger charge is 2.52. The summed E-state index contributed by atoms with van der Waals surface area (Å²) in [6.07, 6.45) is 3.13. The third kappa shape index (κ3) is 3.42. The number of carbonyl (C=O) groups is 1. The molecule has 4 nitrogen and oxygen atoms in total. The second kappa shape index (κ2) is 6.36. The minimum atomic E-state index is -0.639. The van der Waals surface area contributed by atoms with Gasteiger partial charge >= 0.3 is 5.97 Å². The minimum Gasteiger partial charge on any atom is -0.465 e. The van der Waals surface area contributed by atoms with Crippen LogP contribution in [0.15, 0.2) is 0 Å². The van der Waals surface area contributed by atoms with Crippen molar-refractivity contribution in [2.75, 3.05) is 20.3 Å². The van der Waals surface area contributed by atoms with Crippen molar-refractivity contribution in [1.29, 1.82) is 0 Å². The van der Waals surface area contributed by atoms with E-state index in [1.54, 1.807) is 7.11 Å². The molecule has 0 aromatic rings. The fourth-order valence-corrected chi connectivity index (χ4v) is 2.17. The highest BCUT2D eigenvalue weighted by molar-refractivity contribution is 5.82. The highest BCUT2D eigenvalue weighted by atomic mass is 16.5. The fourth-order valence-electron chi connectivity index (χ4n) is 2.17. The molecular weight excluding hydrogens is 218 g/mol. The molecular formula is C13H25NO3. The van der Waals surface area contributed by atoms with Gasteiger partial charge in [-0.15, -0.1) is 0 Å². The molecule has 0 aromatic heterocycles. The second-order valence-corrected chi connectivity index (χ2v) is 4.85. The monoisotopic (exact) mass is 243 g/mol. The van der Waals surface area contributed by atoms with Crippen LogP contribution < -0.4 is 5.32 Å². The molecule has 0 heterocycles. The van der Waals surface area contributed by atoms with E-state index in [1.165, 1.54) is 0 Å². The van der Waals surface area contributed by atoms with Gasteiger partial charge in [-0.2, -0.15) is 0 Å². The Hall–Kier alpha value is -0.610. The molecule has 2 unspecified atom stereocenters. The lowest BCUT2D eigenvalue weighted by Gasteiger charge is -2.34. The first-order chi connectivity index (χ1) is 8.10. The first kappa shape index (κ1) is 14.5. The summed E-state index contributed by atoms with van der Waals surface area (Å²) in [4.78, 5) is 12.2. The third-order valence-electron chi connectivity index (χ3n) is 3.40. The van der Waals surface area contributed by atoms with Gasteiger partial charge in [0.1, 0.15) is 5.54 Å². The molecule has 17 heavy (non-hydrogen) atoms. The fraction of sp³-hybridized carbons (Fsp3) is 0.923. The Morgan fingerprint density at radius 1 is 1.47 bits per heavy atom. The standard InChI is InChI=1S/C13H25NO3/c1-5-10(3)14-13(9-16-4,11-7-8-11)12(15)17-6-2/h10-11,14H,5-9H2,1-4H3. The maximum atomic E-state index is 12.2. The van der Waals surface area contributed by atoms with Gasteiger partial charge in [-0.05, 0) is 39.0 Å². The first-order valence-corrected chi connectivity index (χ1v) is 6.54. The van der Waals surface area contributed by atoms with Crippen molar-refractivity contribution in [2.24, 2.45) is 5.92 Å². The van der Waals surface area contributed by atoms with Crippen molar-refractivity contribution in [3.63, 3.8) is 0 Å². The van der Waals surface area contributed by atoms with Crippen molar-refractivity contribution >= 4 is 5.97 Å². The molecule has 0 radical (unpaired) electrons. The van der Waals surface area contributed by atoms with Gasteiger partial charge in [0.2, 0.25) is 0 Å². The van der Waals surface area contributed by atoms with Gasteiger partial charge in [-0.3, -0.25) is 5.32 Å². The molecule has 0 spiro atoms. The van der Waals surface area contributed by atoms with Crippen molar-refractivity contribution in [1.82, 2.24) is 5.32 Å². The van der Waals surface area contributed by atoms with E-state index >= 15 is 0 Å². The van der Waals surface area contributed by atoms with E-state index in [9.17, 15) is 4.79 Å². The van der Waals surface area contributed by atoms with Gasteiger partial charge in [0.25, 0.3) is 0 Å². The van der Waals surface area contributed by atoms with Crippen LogP contribution in [0.5, 0.6) is 0 Å². The molecule has 1 aliphatic carbocycles. The zero-order chi connectivity index (χ0) is 12.9. The molecule has 4 heteroatoms. The topological polar surface area (TPSA) is 47.6 Å². The summed E-state index contributed by atoms with van der Waals surface area (Å²) in [7, 11) is 1.63. The van der Waals surface area contributed by atoms with Crippen LogP contribution in [0, 0.1) is 5.92 Å². The number of ether oxygens (including phenoxy) is 2. The number of hydrogen-bond acceptors (Lipinski definition) is 4. The van der Waals surface area contributed by atoms with E-state index in [0.717, 1.165) is 19.3 Å². The van der Waals surface area contributed by atoms with Crippen molar-refractivity contribution in [3.8, 4) is 0 Å². The quantitative estimate of drug-likeness (QED) is 0.660. The predicted octanol–water partition coefficient (Wildman–Crippen LogP) is 1.73. The summed E-state index contributed by atoms with van der Waals surface area (Å²) in [6, 6.07) is 0.287. The van der Waals surface area contributed by atoms with Gasteiger partial charge in [0.15, 0.2) is 0 Å². The lowest BCUT2D eigenvalue weighted by molar-refractivity contribution is -0.155. The summed E-state index contributed by atoms with van der Waals surface area (Å²) >= 11 is 0. The molecule has 0 amide bonds. The summed E-state index contributed by atoms with van der Waals surface area (Å²) < 4.78 is 10.5. The van der Waals surface area contributed by atoms with Gasteiger partial charge in [0.05, 0.1) is 13.2 Å². The van der Waals surface area contributed by atoms with E-state index in [-0.39, 0.29) is 12.0 Å². The summed E-state index contributed by atoms with van der Waals surface area (Å²) in [5.41, 5.74) is -0.639. The second-order valence-electron chi connectivity index (χ2n) is 4.85. The van der Waals surface area contributed by atoms with Crippen LogP contribution in [0.25, 0.3) is 0 Å². The van der Waals surface area contributed by atoms with Crippen LogP contribution in [-0.4, -0.2) is 37.9 Å². The summed E-state index contributed by atoms with van der Waals surface area (Å²) in [5, 5.41) is 3.43. The zero-order valence-electron chi connectivity index (χ0n) is 11.4. The smallest absolute Gasteiger partial charge is 0.329 e. The van der Waals surface area contributed by atoms with E-state index in [2.05, 4.69) is 19.2 Å². The molecule has 100 valence electrons. The Bertz CT molecular complexity index is 253. The Morgan fingerprint density at radius 3 is 2.53 bits per heavy atom. The number of rotatable bonds is 8. The van der Waals surface area contributed by atoms with E-state index in [0.29, 0.717) is 19.1 Å². The normalized spacial score (nSPS) is 20.7. The molecule has 0 saturated heterocycles. The van der Waals surface area contributed by atoms with E-state index in [1.807, 2.05) is 6.92 Å². The van der Waals surface area contributed by atoms with Gasteiger partial charge in [-0.25, -0.2) is 4.79 Å². The number of nitrogens with one attached hydrogen (secondary N) is 1. The predicted molar refractivity (Wildman–Crippen MR) is 66.9 cm³/mol. The number of methoxy groups -OCH3 is 1. The molecule has 0 bridgehead atoms. The van der Waals surface area contributed by atoms with Crippen LogP contribution >= 0.6 is 0 Å². The SMILES string of the molecule is CCOC(=O)C(COC)(NC(C)CC)C1CC1. The van der Waals surface area contributed by atoms with Crippen molar-refractivity contribution in [3.05, 3.63) is 0 Å². The van der Waals surface area contributed by atoms with Gasteiger partial charge in [0, 0.05) is 13.2 Å². The Morgan fingerprint density at radius 2 is 2.12 bits per heavy atom. The third-order valence-corrected chi connectivity index (χ3v) is 3.40. The van der Waals surface area contributed by atoms with Crippen LogP contribution in [-0.2, 0) is 14.3 Å². The largest absolute Gasteiger partial charge is 0.465 e.